The van der Waals surface area contributed by atoms with Crippen molar-refractivity contribution < 1.29 is 29.2 Å². The van der Waals surface area contributed by atoms with Crippen molar-refractivity contribution in [3.63, 3.8) is 0 Å². The second-order valence-corrected chi connectivity index (χ2v) is 18.2. The molecule has 3 saturated carbocycles. The van der Waals surface area contributed by atoms with Crippen LogP contribution in [0.15, 0.2) is 18.2 Å². The molecular formula is C37H44ClNO6. The first-order valence-corrected chi connectivity index (χ1v) is 17.6. The normalized spacial score (nSPS) is 54.7. The van der Waals surface area contributed by atoms with Gasteiger partial charge in [-0.05, 0) is 83.4 Å². The number of hydrogen-bond acceptors (Lipinski definition) is 6. The van der Waals surface area contributed by atoms with E-state index in [4.69, 9.17) is 30.5 Å². The van der Waals surface area contributed by atoms with Gasteiger partial charge in [0.15, 0.2) is 5.60 Å². The predicted octanol–water partition coefficient (Wildman–Crippen LogP) is 5.90. The molecule has 5 aliphatic carbocycles. The van der Waals surface area contributed by atoms with Gasteiger partial charge in [0.25, 0.3) is 0 Å². The van der Waals surface area contributed by atoms with E-state index < -0.39 is 33.2 Å². The maximum absolute atomic E-state index is 13.3. The van der Waals surface area contributed by atoms with Gasteiger partial charge in [-0.2, -0.15) is 0 Å². The van der Waals surface area contributed by atoms with Crippen LogP contribution in [0, 0.1) is 23.2 Å². The summed E-state index contributed by atoms with van der Waals surface area (Å²) in [6.07, 6.45) is 4.02. The summed E-state index contributed by atoms with van der Waals surface area (Å²) in [5.41, 5.74) is 1.50. The molecular weight excluding hydrogens is 590 g/mol. The van der Waals surface area contributed by atoms with Gasteiger partial charge < -0.3 is 34.1 Å². The summed E-state index contributed by atoms with van der Waals surface area (Å²) in [6.45, 7) is 17.6. The third-order valence-corrected chi connectivity index (χ3v) is 16.2. The summed E-state index contributed by atoms with van der Waals surface area (Å²) in [6, 6.07) is 2.05. The predicted molar refractivity (Wildman–Crippen MR) is 167 cm³/mol. The van der Waals surface area contributed by atoms with E-state index in [0.29, 0.717) is 17.9 Å². The minimum Gasteiger partial charge on any atom is -0.386 e. The molecule has 240 valence electrons. The third-order valence-electron chi connectivity index (χ3n) is 15.8. The molecule has 0 amide bonds. The molecule has 13 atom stereocenters. The highest BCUT2D eigenvalue weighted by Crippen LogP contribution is 2.78. The number of epoxide rings is 1. The van der Waals surface area contributed by atoms with Gasteiger partial charge in [0, 0.05) is 55.8 Å². The summed E-state index contributed by atoms with van der Waals surface area (Å²) in [5, 5.41) is 27.9. The van der Waals surface area contributed by atoms with Crippen LogP contribution >= 0.6 is 11.6 Å². The number of aromatic amines is 1. The Morgan fingerprint density at radius 2 is 1.76 bits per heavy atom. The second-order valence-electron chi connectivity index (χ2n) is 17.8. The molecule has 0 radical (unpaired) electrons. The molecule has 0 unspecified atom stereocenters. The highest BCUT2D eigenvalue weighted by Gasteiger charge is 2.88. The number of aromatic nitrogens is 1. The Bertz CT molecular complexity index is 1820. The molecule has 6 fully saturated rings. The smallest absolute Gasteiger partial charge is 0.152 e. The van der Waals surface area contributed by atoms with E-state index in [9.17, 15) is 10.2 Å². The van der Waals surface area contributed by atoms with Crippen molar-refractivity contribution >= 4 is 22.5 Å². The Morgan fingerprint density at radius 3 is 2.51 bits per heavy atom. The lowest BCUT2D eigenvalue weighted by atomic mass is 9.40. The molecule has 1 spiro atoms. The number of fused-ring (bicyclic) bond motifs is 7. The number of benzene rings is 1. The number of halogens is 1. The van der Waals surface area contributed by atoms with Crippen molar-refractivity contribution in [2.45, 2.75) is 144 Å². The largest absolute Gasteiger partial charge is 0.386 e. The van der Waals surface area contributed by atoms with Crippen molar-refractivity contribution in [2.75, 3.05) is 0 Å². The zero-order valence-corrected chi connectivity index (χ0v) is 27.8. The fourth-order valence-corrected chi connectivity index (χ4v) is 13.8. The fourth-order valence-electron chi connectivity index (χ4n) is 13.5. The monoisotopic (exact) mass is 633 g/mol. The Hall–Kier alpha value is -1.45. The Labute approximate surface area is 269 Å². The van der Waals surface area contributed by atoms with Crippen molar-refractivity contribution in [3.8, 4) is 0 Å². The van der Waals surface area contributed by atoms with Gasteiger partial charge in [-0.3, -0.25) is 0 Å². The van der Waals surface area contributed by atoms with Gasteiger partial charge >= 0.3 is 0 Å². The molecule has 7 nitrogen and oxygen atoms in total. The van der Waals surface area contributed by atoms with E-state index in [2.05, 4.69) is 59.2 Å². The second kappa shape index (κ2) is 7.27. The summed E-state index contributed by atoms with van der Waals surface area (Å²) in [5.74, 6) is 0.0764. The highest BCUT2D eigenvalue weighted by atomic mass is 35.5. The van der Waals surface area contributed by atoms with E-state index in [0.717, 1.165) is 59.0 Å². The van der Waals surface area contributed by atoms with Gasteiger partial charge in [-0.25, -0.2) is 0 Å². The van der Waals surface area contributed by atoms with E-state index in [1.165, 1.54) is 5.56 Å². The van der Waals surface area contributed by atoms with Crippen LogP contribution in [0.2, 0.25) is 5.02 Å². The number of ether oxygens (including phenoxy) is 4. The summed E-state index contributed by atoms with van der Waals surface area (Å²) < 4.78 is 27.2. The lowest BCUT2D eigenvalue weighted by molar-refractivity contribution is -0.345. The van der Waals surface area contributed by atoms with Crippen LogP contribution in [0.25, 0.3) is 10.9 Å². The maximum Gasteiger partial charge on any atom is 0.152 e. The average Bonchev–Trinajstić information content (AvgIpc) is 3.53. The van der Waals surface area contributed by atoms with Gasteiger partial charge in [-0.1, -0.05) is 37.6 Å². The molecule has 8 heteroatoms. The van der Waals surface area contributed by atoms with Crippen molar-refractivity contribution in [1.82, 2.24) is 4.98 Å². The van der Waals surface area contributed by atoms with Crippen molar-refractivity contribution in [1.29, 1.82) is 0 Å². The molecule has 2 aromatic rings. The average molecular weight is 634 g/mol. The molecule has 4 aliphatic heterocycles. The van der Waals surface area contributed by atoms with Crippen LogP contribution in [0.4, 0.5) is 0 Å². The van der Waals surface area contributed by atoms with E-state index >= 15 is 0 Å². The number of aliphatic hydroxyl groups is 2. The fraction of sp³-hybridized carbons (Fsp3) is 0.730. The molecule has 9 aliphatic rings. The summed E-state index contributed by atoms with van der Waals surface area (Å²) >= 11 is 7.08. The van der Waals surface area contributed by atoms with Crippen LogP contribution in [-0.4, -0.2) is 62.0 Å². The number of hydrogen-bond donors (Lipinski definition) is 3. The van der Waals surface area contributed by atoms with Gasteiger partial charge in [0.05, 0.1) is 23.4 Å². The minimum atomic E-state index is -1.11. The van der Waals surface area contributed by atoms with E-state index in [1.807, 2.05) is 0 Å². The third kappa shape index (κ3) is 2.46. The first-order valence-electron chi connectivity index (χ1n) is 17.3. The first kappa shape index (κ1) is 27.5. The minimum absolute atomic E-state index is 0.00401. The SMILES string of the molecule is C=C1Cc2c(Cl)cc3[nH]c4c5c3c2[C@@]2(O)[C@@H]1C[C@@H]2C(C)(C)O[C@H]5[C@@H]1CC[C@@]2(O)[C@@]35O[C@@H]3[C@H]3OC(C)(C)[C@H]3O[C@H]5CC[C@]2(C)[C@@]41C. The van der Waals surface area contributed by atoms with Crippen LogP contribution in [0.3, 0.4) is 0 Å². The Balaban J connectivity index is 1.14. The zero-order valence-electron chi connectivity index (χ0n) is 27.1. The van der Waals surface area contributed by atoms with Crippen molar-refractivity contribution in [3.05, 3.63) is 45.6 Å². The quantitative estimate of drug-likeness (QED) is 0.247. The van der Waals surface area contributed by atoms with Crippen LogP contribution < -0.4 is 0 Å². The molecule has 5 heterocycles. The van der Waals surface area contributed by atoms with Crippen molar-refractivity contribution in [2.24, 2.45) is 23.2 Å². The maximum atomic E-state index is 13.3. The molecule has 45 heavy (non-hydrogen) atoms. The molecule has 0 bridgehead atoms. The lowest BCUT2D eigenvalue weighted by Crippen LogP contribution is -2.79. The van der Waals surface area contributed by atoms with Crippen LogP contribution in [-0.2, 0) is 36.4 Å². The molecule has 1 aromatic carbocycles. The highest BCUT2D eigenvalue weighted by molar-refractivity contribution is 6.32. The molecule has 11 rings (SSSR count). The molecule has 3 N–H and O–H groups in total. The molecule has 3 saturated heterocycles. The van der Waals surface area contributed by atoms with Gasteiger partial charge in [-0.15, -0.1) is 0 Å². The van der Waals surface area contributed by atoms with E-state index in [-0.39, 0.29) is 53.9 Å². The van der Waals surface area contributed by atoms with Gasteiger partial charge in [0.1, 0.15) is 29.5 Å². The zero-order chi connectivity index (χ0) is 31.2. The lowest BCUT2D eigenvalue weighted by Gasteiger charge is -2.68. The molecule has 1 aromatic heterocycles. The van der Waals surface area contributed by atoms with E-state index in [1.54, 1.807) is 0 Å². The number of H-pyrrole nitrogens is 1. The number of nitrogens with one attached hydrogen (secondary N) is 1. The topological polar surface area (TPSA) is 96.5 Å². The van der Waals surface area contributed by atoms with Gasteiger partial charge in [0.2, 0.25) is 0 Å². The number of rotatable bonds is 0. The summed E-state index contributed by atoms with van der Waals surface area (Å²) in [7, 11) is 0. The summed E-state index contributed by atoms with van der Waals surface area (Å²) in [4.78, 5) is 3.91. The standard InChI is InChI=1S/C37H44ClNO6/c1-15-12-16-19(38)14-20-23-24-26(43-31(2,3)21-13-18(15)36(21,41)25(16)23)17-8-11-35(40)33(6,34(17,7)28(24)39-20)10-9-22-37(35)30(45-37)27-29(42-22)32(4,5)44-27/h14,17-18,21-22,26-27,29-30,39-41H,1,8-13H2,2-7H3/t17-,18+,21+,22-,26-,27-,29-,30+,33+,34+,35-,36+,37-/m0/s1. The van der Waals surface area contributed by atoms with Crippen LogP contribution in [0.5, 0.6) is 0 Å². The Morgan fingerprint density at radius 1 is 0.978 bits per heavy atom. The Kier molecular flexibility index (Phi) is 4.44. The first-order chi connectivity index (χ1) is 21.1. The van der Waals surface area contributed by atoms with Crippen LogP contribution in [0.1, 0.15) is 102 Å².